The number of anilines is 1. The third kappa shape index (κ3) is 3.22. The lowest BCUT2D eigenvalue weighted by molar-refractivity contribution is -0.132. The first kappa shape index (κ1) is 20.2. The molecule has 0 radical (unpaired) electrons. The number of ketones is 1. The quantitative estimate of drug-likeness (QED) is 0.237. The van der Waals surface area contributed by atoms with Gasteiger partial charge in [0.15, 0.2) is 0 Å². The third-order valence-corrected chi connectivity index (χ3v) is 6.82. The number of hydrogen-bond donors (Lipinski definition) is 1. The number of nitrogens with zero attached hydrogens (tertiary/aromatic N) is 1. The van der Waals surface area contributed by atoms with Crippen LogP contribution in [0.25, 0.3) is 16.5 Å². The zero-order valence-electron chi connectivity index (χ0n) is 17.7. The Balaban J connectivity index is 1.72. The van der Waals surface area contributed by atoms with E-state index in [1.54, 1.807) is 6.07 Å². The number of aryl methyl sites for hydroxylation is 2. The molecule has 1 unspecified atom stereocenters. The Bertz CT molecular complexity index is 1400. The fourth-order valence-corrected chi connectivity index (χ4v) is 5.19. The topological polar surface area (TPSA) is 57.6 Å². The summed E-state index contributed by atoms with van der Waals surface area (Å²) in [4.78, 5) is 28.8. The van der Waals surface area contributed by atoms with Crippen molar-refractivity contribution in [3.8, 4) is 0 Å². The zero-order valence-corrected chi connectivity index (χ0v) is 18.5. The average Bonchev–Trinajstić information content (AvgIpc) is 3.40. The molecule has 0 saturated carbocycles. The summed E-state index contributed by atoms with van der Waals surface area (Å²) < 4.78 is 0. The summed E-state index contributed by atoms with van der Waals surface area (Å²) in [6.45, 7) is 3.91. The molecule has 4 nitrogen and oxygen atoms in total. The maximum atomic E-state index is 13.2. The number of carbonyl (C=O) groups excluding carboxylic acids is 2. The molecule has 1 aromatic heterocycles. The summed E-state index contributed by atoms with van der Waals surface area (Å²) in [6.07, 6.45) is 0. The number of aliphatic hydroxyl groups is 1. The van der Waals surface area contributed by atoms with E-state index in [1.807, 2.05) is 86.0 Å². The van der Waals surface area contributed by atoms with Gasteiger partial charge >= 0.3 is 0 Å². The number of hydrogen-bond acceptors (Lipinski definition) is 4. The Morgan fingerprint density at radius 3 is 2.41 bits per heavy atom. The molecule has 158 valence electrons. The number of carbonyl (C=O) groups is 2. The molecule has 0 bridgehead atoms. The van der Waals surface area contributed by atoms with Crippen molar-refractivity contribution in [2.24, 2.45) is 0 Å². The van der Waals surface area contributed by atoms with E-state index in [9.17, 15) is 14.7 Å². The van der Waals surface area contributed by atoms with Crippen LogP contribution in [-0.2, 0) is 9.59 Å². The molecule has 5 rings (SSSR count). The molecule has 1 aliphatic rings. The van der Waals surface area contributed by atoms with Gasteiger partial charge in [-0.05, 0) is 53.8 Å². The molecule has 4 aromatic rings. The number of Topliss-reactive ketones (excluding diaryl/α,β-unsaturated/α-hetero) is 1. The molecule has 1 fully saturated rings. The smallest absolute Gasteiger partial charge is 0.300 e. The summed E-state index contributed by atoms with van der Waals surface area (Å²) in [6, 6.07) is 22.3. The molecule has 1 saturated heterocycles. The maximum Gasteiger partial charge on any atom is 0.300 e. The Kier molecular flexibility index (Phi) is 4.91. The van der Waals surface area contributed by atoms with Gasteiger partial charge < -0.3 is 5.11 Å². The van der Waals surface area contributed by atoms with Crippen LogP contribution in [0.3, 0.4) is 0 Å². The molecule has 1 amide bonds. The Morgan fingerprint density at radius 1 is 0.906 bits per heavy atom. The van der Waals surface area contributed by atoms with Crippen molar-refractivity contribution in [3.63, 3.8) is 0 Å². The van der Waals surface area contributed by atoms with Gasteiger partial charge in [-0.25, -0.2) is 0 Å². The van der Waals surface area contributed by atoms with Crippen LogP contribution in [0, 0.1) is 13.8 Å². The minimum atomic E-state index is -0.678. The average molecular weight is 440 g/mol. The van der Waals surface area contributed by atoms with Crippen LogP contribution >= 0.6 is 11.3 Å². The van der Waals surface area contributed by atoms with Crippen molar-refractivity contribution in [3.05, 3.63) is 105 Å². The lowest BCUT2D eigenvalue weighted by Crippen LogP contribution is -2.29. The monoisotopic (exact) mass is 439 g/mol. The lowest BCUT2D eigenvalue weighted by Gasteiger charge is -2.26. The summed E-state index contributed by atoms with van der Waals surface area (Å²) in [5.41, 5.74) is 3.29. The number of benzene rings is 3. The molecule has 3 aromatic carbocycles. The lowest BCUT2D eigenvalue weighted by atomic mass is 9.98. The summed E-state index contributed by atoms with van der Waals surface area (Å²) >= 11 is 1.46. The molecule has 0 aliphatic carbocycles. The van der Waals surface area contributed by atoms with E-state index in [1.165, 1.54) is 16.2 Å². The van der Waals surface area contributed by atoms with Gasteiger partial charge in [0.2, 0.25) is 0 Å². The van der Waals surface area contributed by atoms with Crippen molar-refractivity contribution < 1.29 is 14.7 Å². The first-order chi connectivity index (χ1) is 15.5. The molecule has 5 heteroatoms. The van der Waals surface area contributed by atoms with Gasteiger partial charge in [-0.2, -0.15) is 0 Å². The number of amides is 1. The van der Waals surface area contributed by atoms with Crippen molar-refractivity contribution in [1.29, 1.82) is 0 Å². The standard InChI is InChI=1S/C27H21NO3S/c1-16-9-12-21(17(2)14-16)28-24(22-8-5-13-32-22)23(26(30)27(28)31)25(29)20-11-10-18-6-3-4-7-19(18)15-20/h3-15,24,29H,1-2H3/b25-23-. The fourth-order valence-electron chi connectivity index (χ4n) is 4.36. The van der Waals surface area contributed by atoms with Crippen molar-refractivity contribution in [2.75, 3.05) is 4.90 Å². The molecule has 1 aliphatic heterocycles. The van der Waals surface area contributed by atoms with E-state index < -0.39 is 17.7 Å². The number of fused-ring (bicyclic) bond motifs is 1. The van der Waals surface area contributed by atoms with Gasteiger partial charge in [0, 0.05) is 16.1 Å². The highest BCUT2D eigenvalue weighted by atomic mass is 32.1. The molecule has 0 spiro atoms. The van der Waals surface area contributed by atoms with Gasteiger partial charge in [0.25, 0.3) is 11.7 Å². The molecule has 32 heavy (non-hydrogen) atoms. The van der Waals surface area contributed by atoms with Gasteiger partial charge in [0.1, 0.15) is 11.8 Å². The fraction of sp³-hybridized carbons (Fsp3) is 0.111. The van der Waals surface area contributed by atoms with Gasteiger partial charge in [0.05, 0.1) is 5.57 Å². The Hall–Kier alpha value is -3.70. The zero-order chi connectivity index (χ0) is 22.4. The Labute approximate surface area is 190 Å². The van der Waals surface area contributed by atoms with Gasteiger partial charge in [-0.15, -0.1) is 11.3 Å². The second-order valence-electron chi connectivity index (χ2n) is 8.04. The van der Waals surface area contributed by atoms with Crippen LogP contribution in [0.15, 0.2) is 83.7 Å². The highest BCUT2D eigenvalue weighted by molar-refractivity contribution is 7.10. The van der Waals surface area contributed by atoms with E-state index in [-0.39, 0.29) is 11.3 Å². The third-order valence-electron chi connectivity index (χ3n) is 5.89. The maximum absolute atomic E-state index is 13.2. The number of rotatable bonds is 3. The largest absolute Gasteiger partial charge is 0.507 e. The van der Waals surface area contributed by atoms with Crippen molar-refractivity contribution >= 4 is 45.2 Å². The van der Waals surface area contributed by atoms with Crippen LogP contribution in [0.4, 0.5) is 5.69 Å². The van der Waals surface area contributed by atoms with E-state index >= 15 is 0 Å². The van der Waals surface area contributed by atoms with Crippen molar-refractivity contribution in [1.82, 2.24) is 0 Å². The first-order valence-corrected chi connectivity index (χ1v) is 11.2. The van der Waals surface area contributed by atoms with Crippen molar-refractivity contribution in [2.45, 2.75) is 19.9 Å². The number of thiophene rings is 1. The van der Waals surface area contributed by atoms with E-state index in [0.717, 1.165) is 26.8 Å². The molecule has 1 N–H and O–H groups in total. The predicted molar refractivity (Wildman–Crippen MR) is 129 cm³/mol. The van der Waals surface area contributed by atoms with Crippen LogP contribution in [-0.4, -0.2) is 16.8 Å². The SMILES string of the molecule is Cc1ccc(N2C(=O)C(=O)/C(=C(\O)c3ccc4ccccc4c3)C2c2cccs2)c(C)c1. The van der Waals surface area contributed by atoms with Gasteiger partial charge in [-0.3, -0.25) is 14.5 Å². The highest BCUT2D eigenvalue weighted by Gasteiger charge is 2.47. The van der Waals surface area contributed by atoms with E-state index in [0.29, 0.717) is 11.3 Å². The number of aliphatic hydroxyl groups excluding tert-OH is 1. The van der Waals surface area contributed by atoms with Crippen LogP contribution in [0.1, 0.15) is 27.6 Å². The minimum absolute atomic E-state index is 0.118. The van der Waals surface area contributed by atoms with Crippen LogP contribution < -0.4 is 4.90 Å². The van der Waals surface area contributed by atoms with Crippen LogP contribution in [0.2, 0.25) is 0 Å². The van der Waals surface area contributed by atoms with Gasteiger partial charge in [-0.1, -0.05) is 60.2 Å². The summed E-state index contributed by atoms with van der Waals surface area (Å²) in [5.74, 6) is -1.45. The normalized spacial score (nSPS) is 17.9. The predicted octanol–water partition coefficient (Wildman–Crippen LogP) is 6.14. The molecular weight excluding hydrogens is 418 g/mol. The summed E-state index contributed by atoms with van der Waals surface area (Å²) in [5, 5.41) is 15.2. The first-order valence-electron chi connectivity index (χ1n) is 10.4. The van der Waals surface area contributed by atoms with E-state index in [4.69, 9.17) is 0 Å². The molecule has 1 atom stereocenters. The van der Waals surface area contributed by atoms with Crippen LogP contribution in [0.5, 0.6) is 0 Å². The second-order valence-corrected chi connectivity index (χ2v) is 9.02. The summed E-state index contributed by atoms with van der Waals surface area (Å²) in [7, 11) is 0. The van der Waals surface area contributed by atoms with E-state index in [2.05, 4.69) is 0 Å². The molecular formula is C27H21NO3S. The minimum Gasteiger partial charge on any atom is -0.507 e. The Morgan fingerprint density at radius 2 is 1.69 bits per heavy atom. The molecule has 2 heterocycles. The highest BCUT2D eigenvalue weighted by Crippen LogP contribution is 2.44. The second kappa shape index (κ2) is 7.77.